The second kappa shape index (κ2) is 9.83. The Hall–Kier alpha value is -3.79. The monoisotopic (exact) mass is 476 g/mol. The number of nitrogens with one attached hydrogen (secondary N) is 2. The van der Waals surface area contributed by atoms with E-state index < -0.39 is 12.0 Å². The van der Waals surface area contributed by atoms with Gasteiger partial charge in [-0.05, 0) is 67.6 Å². The molecule has 0 aromatic carbocycles. The van der Waals surface area contributed by atoms with Gasteiger partial charge in [0.2, 0.25) is 0 Å². The van der Waals surface area contributed by atoms with Gasteiger partial charge in [-0.3, -0.25) is 29.9 Å². The predicted molar refractivity (Wildman–Crippen MR) is 129 cm³/mol. The van der Waals surface area contributed by atoms with Gasteiger partial charge in [0.05, 0.1) is 17.6 Å². The summed E-state index contributed by atoms with van der Waals surface area (Å²) in [5.41, 5.74) is 7.26. The molecule has 0 bridgehead atoms. The van der Waals surface area contributed by atoms with E-state index in [1.54, 1.807) is 12.3 Å². The van der Waals surface area contributed by atoms with Gasteiger partial charge in [-0.2, -0.15) is 0 Å². The molecule has 0 unspecified atom stereocenters. The molecule has 5 rings (SSSR count). The molecule has 2 aliphatic rings. The average molecular weight is 477 g/mol. The molecule has 10 nitrogen and oxygen atoms in total. The number of aromatic nitrogens is 3. The van der Waals surface area contributed by atoms with E-state index in [4.69, 9.17) is 4.74 Å². The highest BCUT2D eigenvalue weighted by Gasteiger charge is 2.25. The molecule has 5 heterocycles. The Balaban J connectivity index is 1.16. The fraction of sp³-hybridized carbons (Fsp3) is 0.400. The molecule has 0 spiro atoms. The van der Waals surface area contributed by atoms with Crippen LogP contribution in [-0.2, 0) is 17.7 Å². The predicted octanol–water partition coefficient (Wildman–Crippen LogP) is 2.36. The number of hydrogen-bond acceptors (Lipinski definition) is 7. The number of ether oxygens (including phenoxy) is 1. The largest absolute Gasteiger partial charge is 0.446 e. The first kappa shape index (κ1) is 23.0. The number of amides is 2. The van der Waals surface area contributed by atoms with Crippen LogP contribution in [0.25, 0.3) is 11.0 Å². The number of nitrogens with zero attached hydrogens (tertiary/aromatic N) is 4. The van der Waals surface area contributed by atoms with Crippen LogP contribution in [0.1, 0.15) is 52.9 Å². The van der Waals surface area contributed by atoms with Gasteiger partial charge in [-0.1, -0.05) is 13.0 Å². The average Bonchev–Trinajstić information content (AvgIpc) is 3.28. The molecule has 182 valence electrons. The van der Waals surface area contributed by atoms with Crippen molar-refractivity contribution >= 4 is 23.0 Å². The molecule has 2 aliphatic heterocycles. The lowest BCUT2D eigenvalue weighted by atomic mass is 9.90. The summed E-state index contributed by atoms with van der Waals surface area (Å²) in [5, 5.41) is 1.15. The lowest BCUT2D eigenvalue weighted by Crippen LogP contribution is -2.43. The Labute approximate surface area is 202 Å². The smallest absolute Gasteiger partial charge is 0.428 e. The van der Waals surface area contributed by atoms with Gasteiger partial charge in [-0.25, -0.2) is 9.80 Å². The normalized spacial score (nSPS) is 17.1. The molecule has 2 saturated heterocycles. The minimum absolute atomic E-state index is 0.0459. The Morgan fingerprint density at radius 1 is 1.14 bits per heavy atom. The molecular weight excluding hydrogens is 448 g/mol. The Morgan fingerprint density at radius 3 is 2.66 bits per heavy atom. The van der Waals surface area contributed by atoms with Gasteiger partial charge in [0.25, 0.3) is 11.5 Å². The van der Waals surface area contributed by atoms with Crippen molar-refractivity contribution < 1.29 is 14.3 Å². The first-order chi connectivity index (χ1) is 17.0. The highest BCUT2D eigenvalue weighted by Crippen LogP contribution is 2.28. The summed E-state index contributed by atoms with van der Waals surface area (Å²) in [4.78, 5) is 50.2. The van der Waals surface area contributed by atoms with Crippen molar-refractivity contribution in [3.63, 3.8) is 0 Å². The third kappa shape index (κ3) is 5.02. The molecule has 10 heteroatoms. The van der Waals surface area contributed by atoms with E-state index in [9.17, 15) is 14.4 Å². The van der Waals surface area contributed by atoms with Gasteiger partial charge in [-0.15, -0.1) is 0 Å². The van der Waals surface area contributed by atoms with E-state index in [0.717, 1.165) is 65.2 Å². The van der Waals surface area contributed by atoms with Crippen LogP contribution in [-0.4, -0.2) is 63.1 Å². The number of carbonyl (C=O) groups excluding carboxylic acids is 2. The van der Waals surface area contributed by atoms with Gasteiger partial charge >= 0.3 is 6.09 Å². The molecule has 0 saturated carbocycles. The number of aromatic amines is 1. The van der Waals surface area contributed by atoms with Crippen LogP contribution >= 0.6 is 0 Å². The lowest BCUT2D eigenvalue weighted by molar-refractivity contribution is 0.0826. The molecule has 0 aliphatic carbocycles. The standard InChI is InChI=1S/C25H28N6O4/c1-2-17-12-21-22(28-23(17)32)11-16(13-26-21)15-30-7-5-18(6-8-30)19-3-4-20(27-14-19)24(33)29-31-9-10-35-25(31)34/h3-4,11-14,18H,2,5-10,15H2,1H3,(H,28,32)(H,29,33). The first-order valence-electron chi connectivity index (χ1n) is 11.9. The highest BCUT2D eigenvalue weighted by atomic mass is 16.6. The number of H-pyrrole nitrogens is 1. The quantitative estimate of drug-likeness (QED) is 0.560. The van der Waals surface area contributed by atoms with Crippen molar-refractivity contribution in [2.45, 2.75) is 38.6 Å². The summed E-state index contributed by atoms with van der Waals surface area (Å²) >= 11 is 0. The zero-order valence-electron chi connectivity index (χ0n) is 19.6. The minimum atomic E-state index is -0.555. The van der Waals surface area contributed by atoms with Crippen LogP contribution in [0.15, 0.2) is 41.5 Å². The SMILES string of the molecule is CCc1cc2ncc(CN3CCC(c4ccc(C(=O)NN5CCOC5=O)nc4)CC3)cc2[nH]c1=O. The fourth-order valence-electron chi connectivity index (χ4n) is 4.65. The minimum Gasteiger partial charge on any atom is -0.446 e. The third-order valence-electron chi connectivity index (χ3n) is 6.69. The summed E-state index contributed by atoms with van der Waals surface area (Å²) in [7, 11) is 0. The number of rotatable bonds is 6. The van der Waals surface area contributed by atoms with Gasteiger partial charge in [0, 0.05) is 24.5 Å². The van der Waals surface area contributed by atoms with Crippen molar-refractivity contribution in [3.05, 3.63) is 69.4 Å². The Bertz CT molecular complexity index is 1300. The maximum Gasteiger partial charge on any atom is 0.428 e. The number of aryl methyl sites for hydroxylation is 1. The molecule has 35 heavy (non-hydrogen) atoms. The summed E-state index contributed by atoms with van der Waals surface area (Å²) in [6.07, 6.45) is 5.76. The molecule has 0 radical (unpaired) electrons. The molecule has 2 amide bonds. The molecule has 0 atom stereocenters. The second-order valence-electron chi connectivity index (χ2n) is 8.99. The van der Waals surface area contributed by atoms with Gasteiger partial charge in [0.15, 0.2) is 0 Å². The van der Waals surface area contributed by atoms with Crippen molar-refractivity contribution in [1.29, 1.82) is 0 Å². The number of pyridine rings is 3. The number of piperidine rings is 1. The summed E-state index contributed by atoms with van der Waals surface area (Å²) < 4.78 is 4.81. The molecule has 2 N–H and O–H groups in total. The van der Waals surface area contributed by atoms with Crippen LogP contribution < -0.4 is 11.0 Å². The van der Waals surface area contributed by atoms with Crippen molar-refractivity contribution in [3.8, 4) is 0 Å². The Morgan fingerprint density at radius 2 is 1.97 bits per heavy atom. The van der Waals surface area contributed by atoms with E-state index in [-0.39, 0.29) is 17.9 Å². The topological polar surface area (TPSA) is 121 Å². The number of likely N-dealkylation sites (tertiary alicyclic amines) is 1. The molecule has 3 aromatic heterocycles. The highest BCUT2D eigenvalue weighted by molar-refractivity contribution is 5.93. The van der Waals surface area contributed by atoms with Gasteiger partial charge in [0.1, 0.15) is 12.3 Å². The third-order valence-corrected chi connectivity index (χ3v) is 6.69. The number of hydrazine groups is 1. The number of hydrogen-bond donors (Lipinski definition) is 2. The number of carbonyl (C=O) groups is 2. The summed E-state index contributed by atoms with van der Waals surface area (Å²) in [6.45, 7) is 5.21. The van der Waals surface area contributed by atoms with E-state index in [1.807, 2.05) is 31.3 Å². The van der Waals surface area contributed by atoms with Gasteiger partial charge < -0.3 is 9.72 Å². The van der Waals surface area contributed by atoms with Crippen LogP contribution in [0.3, 0.4) is 0 Å². The molecule has 3 aromatic rings. The maximum absolute atomic E-state index is 12.3. The number of fused-ring (bicyclic) bond motifs is 1. The first-order valence-corrected chi connectivity index (χ1v) is 11.9. The summed E-state index contributed by atoms with van der Waals surface area (Å²) in [5.74, 6) is -0.0514. The molecule has 2 fully saturated rings. The van der Waals surface area contributed by atoms with Crippen LogP contribution in [0.2, 0.25) is 0 Å². The fourth-order valence-corrected chi connectivity index (χ4v) is 4.65. The van der Waals surface area contributed by atoms with Crippen molar-refractivity contribution in [1.82, 2.24) is 30.3 Å². The van der Waals surface area contributed by atoms with E-state index >= 15 is 0 Å². The zero-order valence-corrected chi connectivity index (χ0v) is 19.6. The van der Waals surface area contributed by atoms with Crippen molar-refractivity contribution in [2.75, 3.05) is 26.2 Å². The second-order valence-corrected chi connectivity index (χ2v) is 8.99. The van der Waals surface area contributed by atoms with Crippen LogP contribution in [0.5, 0.6) is 0 Å². The zero-order chi connectivity index (χ0) is 24.4. The van der Waals surface area contributed by atoms with Crippen LogP contribution in [0.4, 0.5) is 4.79 Å². The number of cyclic esters (lactones) is 1. The Kier molecular flexibility index (Phi) is 6.45. The lowest BCUT2D eigenvalue weighted by Gasteiger charge is -2.32. The molecular formula is C25H28N6O4. The van der Waals surface area contributed by atoms with E-state index in [1.165, 1.54) is 0 Å². The van der Waals surface area contributed by atoms with E-state index in [2.05, 4.69) is 25.3 Å². The van der Waals surface area contributed by atoms with Crippen LogP contribution in [0, 0.1) is 0 Å². The van der Waals surface area contributed by atoms with Crippen molar-refractivity contribution in [2.24, 2.45) is 0 Å². The van der Waals surface area contributed by atoms with E-state index in [0.29, 0.717) is 18.9 Å². The summed E-state index contributed by atoms with van der Waals surface area (Å²) in [6, 6.07) is 7.53. The maximum atomic E-state index is 12.3.